The molecule has 0 aliphatic carbocycles. The number of nitrogens with one attached hydrogen (secondary N) is 1. The summed E-state index contributed by atoms with van der Waals surface area (Å²) >= 11 is 13.1. The van der Waals surface area contributed by atoms with Crippen molar-refractivity contribution in [2.24, 2.45) is 0 Å². The molecule has 2 aromatic carbocycles. The highest BCUT2D eigenvalue weighted by Crippen LogP contribution is 2.31. The molecule has 6 nitrogen and oxygen atoms in total. The SMILES string of the molecule is O=C(Nc1nc(-c2ccccc2Cl)cs1)c1ccc(Cl)cc1[N+](=O)[O-]. The Balaban J connectivity index is 1.86. The minimum atomic E-state index is -0.655. The number of hydrogen-bond acceptors (Lipinski definition) is 5. The number of carbonyl (C=O) groups excluding carboxylic acids is 1. The lowest BCUT2D eigenvalue weighted by Gasteiger charge is -2.03. The lowest BCUT2D eigenvalue weighted by atomic mass is 10.1. The van der Waals surface area contributed by atoms with Crippen molar-refractivity contribution in [3.63, 3.8) is 0 Å². The van der Waals surface area contributed by atoms with E-state index in [1.54, 1.807) is 17.5 Å². The number of halogens is 2. The summed E-state index contributed by atoms with van der Waals surface area (Å²) in [6, 6.07) is 11.0. The summed E-state index contributed by atoms with van der Waals surface area (Å²) < 4.78 is 0. The van der Waals surface area contributed by atoms with Crippen molar-refractivity contribution >= 4 is 51.3 Å². The second kappa shape index (κ2) is 7.18. The summed E-state index contributed by atoms with van der Waals surface area (Å²) in [5.74, 6) is -0.636. The Morgan fingerprint density at radius 3 is 2.68 bits per heavy atom. The summed E-state index contributed by atoms with van der Waals surface area (Å²) in [5.41, 5.74) is 0.881. The van der Waals surface area contributed by atoms with Crippen LogP contribution in [-0.4, -0.2) is 15.8 Å². The van der Waals surface area contributed by atoms with Crippen molar-refractivity contribution < 1.29 is 9.72 Å². The average molecular weight is 394 g/mol. The van der Waals surface area contributed by atoms with Gasteiger partial charge in [0.1, 0.15) is 5.56 Å². The minimum absolute atomic E-state index is 0.0936. The highest BCUT2D eigenvalue weighted by Gasteiger charge is 2.21. The number of benzene rings is 2. The molecule has 1 amide bonds. The van der Waals surface area contributed by atoms with Crippen molar-refractivity contribution in [1.29, 1.82) is 0 Å². The summed E-state index contributed by atoms with van der Waals surface area (Å²) in [6.45, 7) is 0. The summed E-state index contributed by atoms with van der Waals surface area (Å²) in [7, 11) is 0. The lowest BCUT2D eigenvalue weighted by molar-refractivity contribution is -0.385. The van der Waals surface area contributed by atoms with Crippen LogP contribution in [0, 0.1) is 10.1 Å². The zero-order valence-electron chi connectivity index (χ0n) is 12.4. The molecule has 9 heteroatoms. The van der Waals surface area contributed by atoms with Crippen molar-refractivity contribution in [2.75, 3.05) is 5.32 Å². The summed E-state index contributed by atoms with van der Waals surface area (Å²) in [6.07, 6.45) is 0. The van der Waals surface area contributed by atoms with E-state index in [9.17, 15) is 14.9 Å². The van der Waals surface area contributed by atoms with E-state index in [1.165, 1.54) is 23.5 Å². The maximum Gasteiger partial charge on any atom is 0.283 e. The molecule has 0 fully saturated rings. The number of nitro benzene ring substituents is 1. The van der Waals surface area contributed by atoms with Crippen LogP contribution in [0.1, 0.15) is 10.4 Å². The van der Waals surface area contributed by atoms with Gasteiger partial charge in [0.05, 0.1) is 10.6 Å². The van der Waals surface area contributed by atoms with Gasteiger partial charge in [-0.3, -0.25) is 20.2 Å². The number of aromatic nitrogens is 1. The summed E-state index contributed by atoms with van der Waals surface area (Å²) in [4.78, 5) is 27.1. The maximum atomic E-state index is 12.3. The zero-order valence-corrected chi connectivity index (χ0v) is 14.7. The van der Waals surface area contributed by atoms with Crippen molar-refractivity contribution in [3.05, 3.63) is 73.6 Å². The number of rotatable bonds is 4. The normalized spacial score (nSPS) is 10.5. The molecule has 0 radical (unpaired) electrons. The minimum Gasteiger partial charge on any atom is -0.298 e. The smallest absolute Gasteiger partial charge is 0.283 e. The molecule has 25 heavy (non-hydrogen) atoms. The Labute approximate surface area is 156 Å². The highest BCUT2D eigenvalue weighted by molar-refractivity contribution is 7.14. The van der Waals surface area contributed by atoms with Gasteiger partial charge in [0.2, 0.25) is 0 Å². The van der Waals surface area contributed by atoms with Gasteiger partial charge in [0.25, 0.3) is 11.6 Å². The van der Waals surface area contributed by atoms with E-state index >= 15 is 0 Å². The molecule has 1 heterocycles. The number of thiazole rings is 1. The van der Waals surface area contributed by atoms with E-state index in [0.29, 0.717) is 15.8 Å². The van der Waals surface area contributed by atoms with Crippen molar-refractivity contribution in [1.82, 2.24) is 4.98 Å². The van der Waals surface area contributed by atoms with Crippen LogP contribution in [0.25, 0.3) is 11.3 Å². The molecule has 0 spiro atoms. The summed E-state index contributed by atoms with van der Waals surface area (Å²) in [5, 5.41) is 16.4. The van der Waals surface area contributed by atoms with Gasteiger partial charge < -0.3 is 0 Å². The highest BCUT2D eigenvalue weighted by atomic mass is 35.5. The predicted octanol–water partition coefficient (Wildman–Crippen LogP) is 5.28. The fraction of sp³-hybridized carbons (Fsp3) is 0. The largest absolute Gasteiger partial charge is 0.298 e. The first-order valence-electron chi connectivity index (χ1n) is 6.91. The third kappa shape index (κ3) is 3.79. The third-order valence-electron chi connectivity index (χ3n) is 3.28. The molecule has 0 aliphatic heterocycles. The molecule has 1 aromatic heterocycles. The van der Waals surface area contributed by atoms with Gasteiger partial charge in [-0.25, -0.2) is 4.98 Å². The van der Waals surface area contributed by atoms with Gasteiger partial charge in [-0.15, -0.1) is 11.3 Å². The van der Waals surface area contributed by atoms with E-state index in [-0.39, 0.29) is 16.3 Å². The lowest BCUT2D eigenvalue weighted by Crippen LogP contribution is -2.13. The number of amides is 1. The monoisotopic (exact) mass is 393 g/mol. The van der Waals surface area contributed by atoms with Crippen molar-refractivity contribution in [3.8, 4) is 11.3 Å². The number of carbonyl (C=O) groups is 1. The van der Waals surface area contributed by atoms with Crippen molar-refractivity contribution in [2.45, 2.75) is 0 Å². The number of nitro groups is 1. The number of anilines is 1. The van der Waals surface area contributed by atoms with E-state index in [4.69, 9.17) is 23.2 Å². The Bertz CT molecular complexity index is 975. The van der Waals surface area contributed by atoms with Gasteiger partial charge >= 0.3 is 0 Å². The van der Waals surface area contributed by atoms with Crippen LogP contribution in [0.2, 0.25) is 10.0 Å². The zero-order chi connectivity index (χ0) is 18.0. The predicted molar refractivity (Wildman–Crippen MR) is 98.6 cm³/mol. The van der Waals surface area contributed by atoms with Crippen LogP contribution in [0.4, 0.5) is 10.8 Å². The Morgan fingerprint density at radius 1 is 1.20 bits per heavy atom. The molecule has 0 aliphatic rings. The molecule has 3 rings (SSSR count). The third-order valence-corrected chi connectivity index (χ3v) is 4.60. The average Bonchev–Trinajstić information content (AvgIpc) is 3.03. The van der Waals surface area contributed by atoms with E-state index in [1.807, 2.05) is 12.1 Å². The number of hydrogen-bond donors (Lipinski definition) is 1. The van der Waals surface area contributed by atoms with E-state index < -0.39 is 10.8 Å². The van der Waals surface area contributed by atoms with Crippen LogP contribution in [0.3, 0.4) is 0 Å². The quantitative estimate of drug-likeness (QED) is 0.482. The van der Waals surface area contributed by atoms with Gasteiger partial charge in [0, 0.05) is 27.1 Å². The molecule has 0 bridgehead atoms. The molecule has 0 unspecified atom stereocenters. The van der Waals surface area contributed by atoms with Crippen LogP contribution in [0.15, 0.2) is 47.8 Å². The van der Waals surface area contributed by atoms with Gasteiger partial charge in [-0.1, -0.05) is 41.4 Å². The maximum absolute atomic E-state index is 12.3. The van der Waals surface area contributed by atoms with Crippen LogP contribution < -0.4 is 5.32 Å². The van der Waals surface area contributed by atoms with Crippen LogP contribution in [-0.2, 0) is 0 Å². The van der Waals surface area contributed by atoms with Gasteiger partial charge in [-0.2, -0.15) is 0 Å². The molecule has 1 N–H and O–H groups in total. The molecule has 0 atom stereocenters. The molecule has 3 aromatic rings. The second-order valence-electron chi connectivity index (χ2n) is 4.89. The van der Waals surface area contributed by atoms with E-state index in [0.717, 1.165) is 11.6 Å². The molecular weight excluding hydrogens is 385 g/mol. The first-order valence-corrected chi connectivity index (χ1v) is 8.55. The van der Waals surface area contributed by atoms with Crippen LogP contribution in [0.5, 0.6) is 0 Å². The molecule has 0 saturated carbocycles. The Hall–Kier alpha value is -2.48. The molecule has 0 saturated heterocycles. The second-order valence-corrected chi connectivity index (χ2v) is 6.59. The first-order chi connectivity index (χ1) is 12.0. The van der Waals surface area contributed by atoms with Gasteiger partial charge in [0.15, 0.2) is 5.13 Å². The molecular formula is C16H9Cl2N3O3S. The molecule has 126 valence electrons. The first kappa shape index (κ1) is 17.3. The fourth-order valence-electron chi connectivity index (χ4n) is 2.14. The topological polar surface area (TPSA) is 85.1 Å². The Morgan fingerprint density at radius 2 is 1.96 bits per heavy atom. The standard InChI is InChI=1S/C16H9Cl2N3O3S/c17-9-5-6-11(14(7-9)21(23)24)15(22)20-16-19-13(8-25-16)10-3-1-2-4-12(10)18/h1-8H,(H,19,20,22). The van der Waals surface area contributed by atoms with Crippen LogP contribution >= 0.6 is 34.5 Å². The number of nitrogens with zero attached hydrogens (tertiary/aromatic N) is 2. The Kier molecular flexibility index (Phi) is 4.98. The van der Waals surface area contributed by atoms with E-state index in [2.05, 4.69) is 10.3 Å². The fourth-order valence-corrected chi connectivity index (χ4v) is 3.24. The van der Waals surface area contributed by atoms with Gasteiger partial charge in [-0.05, 0) is 18.2 Å².